The smallest absolute Gasteiger partial charge is 0.273 e. The fourth-order valence-corrected chi connectivity index (χ4v) is 4.53. The largest absolute Gasteiger partial charge is 0.395 e. The Hall–Kier alpha value is -3.43. The first-order chi connectivity index (χ1) is 17.1. The van der Waals surface area contributed by atoms with E-state index < -0.39 is 17.9 Å². The average Bonchev–Trinajstić information content (AvgIpc) is 3.24. The number of nitrogens with zero attached hydrogens (tertiary/aromatic N) is 2. The van der Waals surface area contributed by atoms with Gasteiger partial charge in [0.2, 0.25) is 5.91 Å². The molecule has 0 saturated carbocycles. The van der Waals surface area contributed by atoms with Crippen molar-refractivity contribution >= 4 is 52.2 Å². The molecule has 0 aliphatic heterocycles. The van der Waals surface area contributed by atoms with Gasteiger partial charge in [0.1, 0.15) is 10.9 Å². The van der Waals surface area contributed by atoms with Gasteiger partial charge in [0.25, 0.3) is 11.8 Å². The van der Waals surface area contributed by atoms with E-state index in [1.165, 1.54) is 4.90 Å². The fraction of sp³-hybridized carbons (Fsp3) is 0.308. The molecule has 0 saturated heterocycles. The van der Waals surface area contributed by atoms with Crippen molar-refractivity contribution in [3.8, 4) is 0 Å². The Morgan fingerprint density at radius 2 is 1.72 bits per heavy atom. The van der Waals surface area contributed by atoms with E-state index in [1.54, 1.807) is 36.4 Å². The van der Waals surface area contributed by atoms with Crippen LogP contribution in [0.3, 0.4) is 0 Å². The van der Waals surface area contributed by atoms with Crippen LogP contribution in [0.5, 0.6) is 0 Å². The number of rotatable bonds is 10. The first-order valence-corrected chi connectivity index (χ1v) is 12.8. The summed E-state index contributed by atoms with van der Waals surface area (Å²) in [6, 6.07) is 13.1. The van der Waals surface area contributed by atoms with Crippen molar-refractivity contribution in [2.24, 2.45) is 11.7 Å². The first-order valence-electron chi connectivity index (χ1n) is 11.6. The number of amides is 3. The Morgan fingerprint density at radius 1 is 1.08 bits per heavy atom. The predicted octanol–water partition coefficient (Wildman–Crippen LogP) is 4.59. The third kappa shape index (κ3) is 6.22. The lowest BCUT2D eigenvalue weighted by molar-refractivity contribution is -0.122. The molecule has 0 aliphatic carbocycles. The summed E-state index contributed by atoms with van der Waals surface area (Å²) in [4.78, 5) is 40.7. The summed E-state index contributed by atoms with van der Waals surface area (Å²) in [6.07, 6.45) is 1.59. The maximum Gasteiger partial charge on any atom is 0.273 e. The number of hydrogen-bond acceptors (Lipinski definition) is 6. The van der Waals surface area contributed by atoms with E-state index in [4.69, 9.17) is 23.1 Å². The van der Waals surface area contributed by atoms with Crippen molar-refractivity contribution in [3.63, 3.8) is 0 Å². The lowest BCUT2D eigenvalue weighted by Crippen LogP contribution is -2.44. The Balaban J connectivity index is 2.15. The Bertz CT molecular complexity index is 1230. The molecule has 0 spiro atoms. The highest BCUT2D eigenvalue weighted by Crippen LogP contribution is 2.33. The zero-order valence-corrected chi connectivity index (χ0v) is 22.0. The van der Waals surface area contributed by atoms with E-state index in [0.717, 1.165) is 29.9 Å². The maximum atomic E-state index is 14.0. The summed E-state index contributed by atoms with van der Waals surface area (Å²) in [6.45, 7) is 6.61. The van der Waals surface area contributed by atoms with Crippen LogP contribution in [0.4, 0.5) is 11.4 Å². The highest BCUT2D eigenvalue weighted by atomic mass is 35.5. The molecule has 8 nitrogen and oxygen atoms in total. The Labute approximate surface area is 219 Å². The van der Waals surface area contributed by atoms with Gasteiger partial charge in [-0.05, 0) is 65.7 Å². The third-order valence-electron chi connectivity index (χ3n) is 5.71. The number of carbonyl (C=O) groups is 3. The average molecular weight is 528 g/mol. The lowest BCUT2D eigenvalue weighted by atomic mass is 10.0. The van der Waals surface area contributed by atoms with Gasteiger partial charge in [0.15, 0.2) is 5.69 Å². The number of halogens is 1. The van der Waals surface area contributed by atoms with Crippen LogP contribution in [0, 0.1) is 5.92 Å². The van der Waals surface area contributed by atoms with Crippen molar-refractivity contribution in [2.75, 3.05) is 17.2 Å². The zero-order chi connectivity index (χ0) is 26.4. The molecule has 3 aromatic rings. The molecule has 1 atom stereocenters. The molecule has 5 N–H and O–H groups in total. The highest BCUT2D eigenvalue weighted by molar-refractivity contribution is 7.09. The van der Waals surface area contributed by atoms with E-state index in [-0.39, 0.29) is 22.2 Å². The number of nitrogen functional groups attached to an aromatic ring is 1. The molecule has 0 fully saturated rings. The number of carbonyl (C=O) groups excluding carboxylic acids is 3. The van der Waals surface area contributed by atoms with E-state index in [1.807, 2.05) is 19.1 Å². The quantitative estimate of drug-likeness (QED) is 0.355. The van der Waals surface area contributed by atoms with Gasteiger partial charge in [0.05, 0.1) is 5.69 Å². The number of benzene rings is 2. The molecule has 1 heterocycles. The summed E-state index contributed by atoms with van der Waals surface area (Å²) in [5, 5.41) is 3.46. The van der Waals surface area contributed by atoms with Gasteiger partial charge in [-0.1, -0.05) is 56.6 Å². The number of aryl methyl sites for hydroxylation is 1. The molecule has 0 radical (unpaired) electrons. The molecule has 2 aromatic carbocycles. The molecule has 36 heavy (non-hydrogen) atoms. The molecular weight excluding hydrogens is 498 g/mol. The topological polar surface area (TPSA) is 131 Å². The Morgan fingerprint density at radius 3 is 2.25 bits per heavy atom. The van der Waals surface area contributed by atoms with Crippen LogP contribution >= 0.6 is 23.1 Å². The SMILES string of the molecule is CCc1ccc(N(C(=O)c2snc(C(N)=O)c2N)[C@@H](C(=O)NCCC(C)C)c2ccc(Cl)cc2)cc1. The molecule has 0 bridgehead atoms. The fourth-order valence-electron chi connectivity index (χ4n) is 3.66. The van der Waals surface area contributed by atoms with E-state index in [2.05, 4.69) is 23.5 Å². The molecule has 3 rings (SSSR count). The van der Waals surface area contributed by atoms with Gasteiger partial charge in [-0.3, -0.25) is 19.3 Å². The van der Waals surface area contributed by atoms with Crippen LogP contribution in [0.2, 0.25) is 5.02 Å². The maximum absolute atomic E-state index is 14.0. The van der Waals surface area contributed by atoms with E-state index in [9.17, 15) is 14.4 Å². The Kier molecular flexibility index (Phi) is 9.06. The molecule has 1 aromatic heterocycles. The third-order valence-corrected chi connectivity index (χ3v) is 6.81. The predicted molar refractivity (Wildman–Crippen MR) is 144 cm³/mol. The minimum Gasteiger partial charge on any atom is -0.395 e. The van der Waals surface area contributed by atoms with Crippen LogP contribution < -0.4 is 21.7 Å². The number of anilines is 2. The molecule has 10 heteroatoms. The number of primary amides is 1. The van der Waals surface area contributed by atoms with Crippen LogP contribution in [0.15, 0.2) is 48.5 Å². The van der Waals surface area contributed by atoms with Gasteiger partial charge < -0.3 is 16.8 Å². The lowest BCUT2D eigenvalue weighted by Gasteiger charge is -2.31. The molecule has 0 aliphatic rings. The molecular formula is C26H30ClN5O3S. The number of nitrogens with two attached hydrogens (primary N) is 2. The first kappa shape index (κ1) is 27.2. The van der Waals surface area contributed by atoms with Gasteiger partial charge >= 0.3 is 0 Å². The van der Waals surface area contributed by atoms with Gasteiger partial charge in [-0.2, -0.15) is 4.37 Å². The summed E-state index contributed by atoms with van der Waals surface area (Å²) in [5.41, 5.74) is 13.3. The number of aromatic nitrogens is 1. The second kappa shape index (κ2) is 12.0. The van der Waals surface area contributed by atoms with Crippen LogP contribution in [-0.2, 0) is 11.2 Å². The van der Waals surface area contributed by atoms with Crippen molar-refractivity contribution < 1.29 is 14.4 Å². The zero-order valence-electron chi connectivity index (χ0n) is 20.5. The molecule has 3 amide bonds. The monoisotopic (exact) mass is 527 g/mol. The summed E-state index contributed by atoms with van der Waals surface area (Å²) >= 11 is 6.88. The second-order valence-corrected chi connectivity index (χ2v) is 9.97. The van der Waals surface area contributed by atoms with Gasteiger partial charge in [0, 0.05) is 17.3 Å². The standard InChI is InChI=1S/C26H30ClN5O3S/c1-4-16-5-11-19(12-6-16)32(26(35)23-20(28)21(24(29)33)31-36-23)22(17-7-9-18(27)10-8-17)25(34)30-14-13-15(2)3/h5-12,15,22H,4,13-14,28H2,1-3H3,(H2,29,33)(H,30,34)/t22-/m1/s1. The highest BCUT2D eigenvalue weighted by Gasteiger charge is 2.36. The molecule has 190 valence electrons. The minimum absolute atomic E-state index is 0.0253. The van der Waals surface area contributed by atoms with Crippen molar-refractivity contribution in [2.45, 2.75) is 39.7 Å². The summed E-state index contributed by atoms with van der Waals surface area (Å²) < 4.78 is 3.97. The minimum atomic E-state index is -1.03. The summed E-state index contributed by atoms with van der Waals surface area (Å²) in [7, 11) is 0. The normalized spacial score (nSPS) is 11.8. The van der Waals surface area contributed by atoms with Crippen molar-refractivity contribution in [1.82, 2.24) is 9.69 Å². The van der Waals surface area contributed by atoms with Crippen LogP contribution in [0.1, 0.15) is 64.5 Å². The summed E-state index contributed by atoms with van der Waals surface area (Å²) in [5.74, 6) is -1.37. The van der Waals surface area contributed by atoms with E-state index >= 15 is 0 Å². The van der Waals surface area contributed by atoms with Crippen molar-refractivity contribution in [3.05, 3.63) is 75.3 Å². The van der Waals surface area contributed by atoms with Crippen molar-refractivity contribution in [1.29, 1.82) is 0 Å². The van der Waals surface area contributed by atoms with E-state index in [0.29, 0.717) is 28.7 Å². The van der Waals surface area contributed by atoms with Crippen LogP contribution in [-0.4, -0.2) is 28.6 Å². The van der Waals surface area contributed by atoms with Crippen LogP contribution in [0.25, 0.3) is 0 Å². The number of hydrogen-bond donors (Lipinski definition) is 3. The number of nitrogens with one attached hydrogen (secondary N) is 1. The second-order valence-electron chi connectivity index (χ2n) is 8.76. The van der Waals surface area contributed by atoms with Gasteiger partial charge in [-0.25, -0.2) is 0 Å². The van der Waals surface area contributed by atoms with Gasteiger partial charge in [-0.15, -0.1) is 0 Å². The molecule has 0 unspecified atom stereocenters.